The number of hydrogen-bond donors (Lipinski definition) is 2. The maximum atomic E-state index is 11.6. The van der Waals surface area contributed by atoms with Crippen molar-refractivity contribution in [1.29, 1.82) is 0 Å². The highest BCUT2D eigenvalue weighted by Gasteiger charge is 2.20. The highest BCUT2D eigenvalue weighted by Crippen LogP contribution is 2.04. The van der Waals surface area contributed by atoms with E-state index in [9.17, 15) is 13.8 Å². The Bertz CT molecular complexity index is 291. The molecule has 0 fully saturated rings. The molecule has 0 heterocycles. The van der Waals surface area contributed by atoms with Crippen molar-refractivity contribution in [1.82, 2.24) is 5.32 Å². The minimum absolute atomic E-state index is 0.0208. The molecule has 0 aliphatic carbocycles. The SMILES string of the molecule is CC(=O)N[C@@H](CS(=O)CCCC(C)C)C(=O)O. The number of carboxylic acids is 1. The zero-order valence-electron chi connectivity index (χ0n) is 10.6. The third-order valence-corrected chi connectivity index (χ3v) is 3.63. The third kappa shape index (κ3) is 8.85. The molecule has 0 aliphatic heterocycles. The van der Waals surface area contributed by atoms with Crippen molar-refractivity contribution in [2.24, 2.45) is 5.92 Å². The largest absolute Gasteiger partial charge is 0.480 e. The topological polar surface area (TPSA) is 83.5 Å². The second kappa shape index (κ2) is 8.22. The van der Waals surface area contributed by atoms with Gasteiger partial charge in [-0.3, -0.25) is 9.00 Å². The number of carbonyl (C=O) groups excluding carboxylic acids is 1. The summed E-state index contributed by atoms with van der Waals surface area (Å²) >= 11 is 0. The monoisotopic (exact) mass is 263 g/mol. The number of nitrogens with one attached hydrogen (secondary N) is 1. The van der Waals surface area contributed by atoms with Crippen LogP contribution in [0.4, 0.5) is 0 Å². The Morgan fingerprint density at radius 3 is 2.35 bits per heavy atom. The molecule has 0 aromatic carbocycles. The van der Waals surface area contributed by atoms with Crippen LogP contribution < -0.4 is 5.32 Å². The van der Waals surface area contributed by atoms with Crippen LogP contribution in [0.2, 0.25) is 0 Å². The van der Waals surface area contributed by atoms with Gasteiger partial charge < -0.3 is 10.4 Å². The second-order valence-electron chi connectivity index (χ2n) is 4.44. The first-order valence-electron chi connectivity index (χ1n) is 5.67. The molecule has 0 rings (SSSR count). The Morgan fingerprint density at radius 2 is 1.94 bits per heavy atom. The minimum Gasteiger partial charge on any atom is -0.480 e. The van der Waals surface area contributed by atoms with Gasteiger partial charge in [0.25, 0.3) is 0 Å². The van der Waals surface area contributed by atoms with Gasteiger partial charge in [0, 0.05) is 23.5 Å². The van der Waals surface area contributed by atoms with Gasteiger partial charge >= 0.3 is 5.97 Å². The molecule has 1 unspecified atom stereocenters. The van der Waals surface area contributed by atoms with Crippen LogP contribution in [0.15, 0.2) is 0 Å². The molecule has 0 radical (unpaired) electrons. The summed E-state index contributed by atoms with van der Waals surface area (Å²) in [5.41, 5.74) is 0. The first-order chi connectivity index (χ1) is 7.82. The van der Waals surface area contributed by atoms with Crippen LogP contribution in [0.3, 0.4) is 0 Å². The zero-order valence-corrected chi connectivity index (χ0v) is 11.4. The molecule has 0 aliphatic rings. The molecular weight excluding hydrogens is 242 g/mol. The molecule has 2 N–H and O–H groups in total. The molecular formula is C11H21NO4S. The first-order valence-corrected chi connectivity index (χ1v) is 7.16. The van der Waals surface area contributed by atoms with Crippen molar-refractivity contribution in [3.8, 4) is 0 Å². The number of hydrogen-bond acceptors (Lipinski definition) is 3. The number of aliphatic carboxylic acids is 1. The molecule has 1 amide bonds. The van der Waals surface area contributed by atoms with Gasteiger partial charge in [0.2, 0.25) is 5.91 Å². The Morgan fingerprint density at radius 1 is 1.35 bits per heavy atom. The summed E-state index contributed by atoms with van der Waals surface area (Å²) in [5, 5.41) is 11.1. The molecule has 0 saturated carbocycles. The lowest BCUT2D eigenvalue weighted by Gasteiger charge is -2.12. The van der Waals surface area contributed by atoms with Gasteiger partial charge in [0.05, 0.1) is 5.75 Å². The van der Waals surface area contributed by atoms with Crippen LogP contribution in [0.5, 0.6) is 0 Å². The van der Waals surface area contributed by atoms with Crippen LogP contribution in [0.1, 0.15) is 33.6 Å². The second-order valence-corrected chi connectivity index (χ2v) is 6.06. The summed E-state index contributed by atoms with van der Waals surface area (Å²) in [5.74, 6) is -0.541. The number of carbonyl (C=O) groups is 2. The molecule has 5 nitrogen and oxygen atoms in total. The van der Waals surface area contributed by atoms with Crippen LogP contribution in [-0.2, 0) is 20.4 Å². The van der Waals surface area contributed by atoms with E-state index in [1.807, 2.05) is 0 Å². The molecule has 0 aromatic heterocycles. The summed E-state index contributed by atoms with van der Waals surface area (Å²) in [6, 6.07) is -1.05. The molecule has 2 atom stereocenters. The standard InChI is InChI=1S/C11H21NO4S/c1-8(2)5-4-6-17(16)7-10(11(14)15)12-9(3)13/h8,10H,4-7H2,1-3H3,(H,12,13)(H,14,15)/t10-,17?/m0/s1. The normalized spacial score (nSPS) is 14.4. The predicted octanol–water partition coefficient (Wildman–Crippen LogP) is 0.761. The summed E-state index contributed by atoms with van der Waals surface area (Å²) < 4.78 is 11.6. The number of rotatable bonds is 8. The van der Waals surface area contributed by atoms with Crippen molar-refractivity contribution in [3.05, 3.63) is 0 Å². The van der Waals surface area contributed by atoms with Gasteiger partial charge in [-0.05, 0) is 12.3 Å². The fraction of sp³-hybridized carbons (Fsp3) is 0.818. The smallest absolute Gasteiger partial charge is 0.327 e. The van der Waals surface area contributed by atoms with Crippen LogP contribution >= 0.6 is 0 Å². The Balaban J connectivity index is 4.04. The summed E-state index contributed by atoms with van der Waals surface area (Å²) in [6.45, 7) is 5.41. The molecule has 0 bridgehead atoms. The first kappa shape index (κ1) is 16.1. The Kier molecular flexibility index (Phi) is 7.78. The van der Waals surface area contributed by atoms with E-state index in [0.717, 1.165) is 12.8 Å². The van der Waals surface area contributed by atoms with Gasteiger partial charge in [-0.15, -0.1) is 0 Å². The van der Waals surface area contributed by atoms with Gasteiger partial charge in [0.15, 0.2) is 0 Å². The van der Waals surface area contributed by atoms with Gasteiger partial charge in [-0.1, -0.05) is 20.3 Å². The van der Waals surface area contributed by atoms with E-state index < -0.39 is 28.7 Å². The van der Waals surface area contributed by atoms with E-state index in [-0.39, 0.29) is 5.75 Å². The number of amides is 1. The molecule has 0 saturated heterocycles. The van der Waals surface area contributed by atoms with Crippen molar-refractivity contribution in [3.63, 3.8) is 0 Å². The fourth-order valence-corrected chi connectivity index (χ4v) is 2.59. The Hall–Kier alpha value is -0.910. The van der Waals surface area contributed by atoms with E-state index in [4.69, 9.17) is 5.11 Å². The van der Waals surface area contributed by atoms with Crippen LogP contribution in [-0.4, -0.2) is 38.7 Å². The lowest BCUT2D eigenvalue weighted by molar-refractivity contribution is -0.140. The average Bonchev–Trinajstić information content (AvgIpc) is 2.15. The number of carboxylic acid groups (broad SMARTS) is 1. The van der Waals surface area contributed by atoms with E-state index in [1.165, 1.54) is 6.92 Å². The average molecular weight is 263 g/mol. The van der Waals surface area contributed by atoms with Gasteiger partial charge in [-0.2, -0.15) is 0 Å². The van der Waals surface area contributed by atoms with Crippen molar-refractivity contribution in [2.75, 3.05) is 11.5 Å². The molecule has 0 spiro atoms. The van der Waals surface area contributed by atoms with E-state index in [1.54, 1.807) is 0 Å². The van der Waals surface area contributed by atoms with Crippen LogP contribution in [0, 0.1) is 5.92 Å². The third-order valence-electron chi connectivity index (χ3n) is 2.18. The lowest BCUT2D eigenvalue weighted by atomic mass is 10.1. The maximum absolute atomic E-state index is 11.6. The maximum Gasteiger partial charge on any atom is 0.327 e. The molecule has 6 heteroatoms. The van der Waals surface area contributed by atoms with E-state index in [2.05, 4.69) is 19.2 Å². The van der Waals surface area contributed by atoms with Gasteiger partial charge in [0.1, 0.15) is 6.04 Å². The Labute approximate surface area is 104 Å². The van der Waals surface area contributed by atoms with E-state index in [0.29, 0.717) is 11.7 Å². The van der Waals surface area contributed by atoms with Gasteiger partial charge in [-0.25, -0.2) is 4.79 Å². The summed E-state index contributed by atoms with van der Waals surface area (Å²) in [4.78, 5) is 21.6. The highest BCUT2D eigenvalue weighted by molar-refractivity contribution is 7.85. The van der Waals surface area contributed by atoms with Crippen molar-refractivity contribution < 1.29 is 18.9 Å². The highest BCUT2D eigenvalue weighted by atomic mass is 32.2. The van der Waals surface area contributed by atoms with Crippen LogP contribution in [0.25, 0.3) is 0 Å². The molecule has 17 heavy (non-hydrogen) atoms. The van der Waals surface area contributed by atoms with E-state index >= 15 is 0 Å². The lowest BCUT2D eigenvalue weighted by Crippen LogP contribution is -2.43. The summed E-state index contributed by atoms with van der Waals surface area (Å²) in [6.07, 6.45) is 1.79. The summed E-state index contributed by atoms with van der Waals surface area (Å²) in [7, 11) is -1.20. The zero-order chi connectivity index (χ0) is 13.4. The molecule has 100 valence electrons. The molecule has 0 aromatic rings. The quantitative estimate of drug-likeness (QED) is 0.677. The fourth-order valence-electron chi connectivity index (χ4n) is 1.34. The minimum atomic E-state index is -1.20. The van der Waals surface area contributed by atoms with Crippen molar-refractivity contribution >= 4 is 22.7 Å². The predicted molar refractivity (Wildman–Crippen MR) is 67.2 cm³/mol. The van der Waals surface area contributed by atoms with Crippen molar-refractivity contribution in [2.45, 2.75) is 39.7 Å².